The van der Waals surface area contributed by atoms with Gasteiger partial charge in [0.2, 0.25) is 0 Å². The predicted molar refractivity (Wildman–Crippen MR) is 79.4 cm³/mol. The van der Waals surface area contributed by atoms with Crippen molar-refractivity contribution < 1.29 is 9.84 Å². The Balaban J connectivity index is 2.08. The molecule has 0 aromatic rings. The maximum atomic E-state index is 9.33. The van der Waals surface area contributed by atoms with Crippen LogP contribution in [0.4, 0.5) is 0 Å². The van der Waals surface area contributed by atoms with Gasteiger partial charge in [-0.3, -0.25) is 0 Å². The SMILES string of the molecule is CNC(C)(CO)CCCCN(C)CC1CCOCC1. The van der Waals surface area contributed by atoms with Crippen LogP contribution in [0.3, 0.4) is 0 Å². The zero-order chi connectivity index (χ0) is 14.1. The van der Waals surface area contributed by atoms with E-state index in [0.29, 0.717) is 0 Å². The summed E-state index contributed by atoms with van der Waals surface area (Å²) in [4.78, 5) is 2.45. The second kappa shape index (κ2) is 8.90. The molecule has 1 saturated heterocycles. The first-order chi connectivity index (χ1) is 9.09. The zero-order valence-corrected chi connectivity index (χ0v) is 13.0. The lowest BCUT2D eigenvalue weighted by atomic mass is 9.96. The topological polar surface area (TPSA) is 44.7 Å². The number of hydrogen-bond acceptors (Lipinski definition) is 4. The van der Waals surface area contributed by atoms with Crippen LogP contribution in [0.25, 0.3) is 0 Å². The van der Waals surface area contributed by atoms with Crippen molar-refractivity contribution in [2.75, 3.05) is 47.0 Å². The van der Waals surface area contributed by atoms with E-state index in [2.05, 4.69) is 24.2 Å². The van der Waals surface area contributed by atoms with Gasteiger partial charge < -0.3 is 20.1 Å². The number of nitrogens with one attached hydrogen (secondary N) is 1. The van der Waals surface area contributed by atoms with Gasteiger partial charge in [0.15, 0.2) is 0 Å². The third-order valence-electron chi connectivity index (χ3n) is 4.38. The Morgan fingerprint density at radius 3 is 2.58 bits per heavy atom. The summed E-state index contributed by atoms with van der Waals surface area (Å²) in [6, 6.07) is 0. The molecule has 0 radical (unpaired) electrons. The van der Waals surface area contributed by atoms with E-state index >= 15 is 0 Å². The summed E-state index contributed by atoms with van der Waals surface area (Å²) in [5.41, 5.74) is -0.112. The van der Waals surface area contributed by atoms with Crippen LogP contribution in [0, 0.1) is 5.92 Å². The van der Waals surface area contributed by atoms with Crippen LogP contribution in [-0.4, -0.2) is 62.6 Å². The van der Waals surface area contributed by atoms with Crippen molar-refractivity contribution in [3.8, 4) is 0 Å². The minimum Gasteiger partial charge on any atom is -0.394 e. The third kappa shape index (κ3) is 6.70. The molecule has 2 N–H and O–H groups in total. The molecule has 0 amide bonds. The summed E-state index contributed by atoms with van der Waals surface area (Å²) < 4.78 is 5.39. The van der Waals surface area contributed by atoms with Crippen molar-refractivity contribution in [2.24, 2.45) is 5.92 Å². The molecular formula is C15H32N2O2. The molecule has 4 heteroatoms. The number of rotatable bonds is 9. The fourth-order valence-electron chi connectivity index (χ4n) is 2.64. The van der Waals surface area contributed by atoms with Crippen molar-refractivity contribution in [2.45, 2.75) is 44.6 Å². The summed E-state index contributed by atoms with van der Waals surface area (Å²) in [6.07, 6.45) is 5.83. The van der Waals surface area contributed by atoms with Gasteiger partial charge in [-0.2, -0.15) is 0 Å². The number of nitrogens with zero attached hydrogens (tertiary/aromatic N) is 1. The number of unbranched alkanes of at least 4 members (excludes halogenated alkanes) is 1. The first kappa shape index (κ1) is 16.9. The van der Waals surface area contributed by atoms with E-state index in [0.717, 1.165) is 38.5 Å². The molecule has 1 aliphatic rings. The van der Waals surface area contributed by atoms with Gasteiger partial charge in [-0.15, -0.1) is 0 Å². The van der Waals surface area contributed by atoms with Gasteiger partial charge in [0, 0.05) is 25.3 Å². The standard InChI is InChI=1S/C15H32N2O2/c1-15(13-18,16-2)8-4-5-9-17(3)12-14-6-10-19-11-7-14/h14,16,18H,4-13H2,1-3H3. The normalized spacial score (nSPS) is 20.7. The Hall–Kier alpha value is -0.160. The van der Waals surface area contributed by atoms with Crippen LogP contribution in [0.5, 0.6) is 0 Å². The van der Waals surface area contributed by atoms with Gasteiger partial charge in [-0.05, 0) is 59.2 Å². The van der Waals surface area contributed by atoms with E-state index in [-0.39, 0.29) is 12.1 Å². The zero-order valence-electron chi connectivity index (χ0n) is 13.0. The van der Waals surface area contributed by atoms with Crippen LogP contribution < -0.4 is 5.32 Å². The largest absolute Gasteiger partial charge is 0.394 e. The lowest BCUT2D eigenvalue weighted by Gasteiger charge is -2.28. The van der Waals surface area contributed by atoms with Gasteiger partial charge in [-0.25, -0.2) is 0 Å². The maximum Gasteiger partial charge on any atom is 0.0610 e. The van der Waals surface area contributed by atoms with Gasteiger partial charge in [0.25, 0.3) is 0 Å². The Morgan fingerprint density at radius 2 is 2.00 bits per heavy atom. The second-order valence-corrected chi connectivity index (χ2v) is 6.24. The molecule has 1 heterocycles. The van der Waals surface area contributed by atoms with E-state index < -0.39 is 0 Å². The van der Waals surface area contributed by atoms with Gasteiger partial charge in [-0.1, -0.05) is 6.42 Å². The lowest BCUT2D eigenvalue weighted by molar-refractivity contribution is 0.0554. The van der Waals surface area contributed by atoms with Crippen molar-refractivity contribution in [1.82, 2.24) is 10.2 Å². The summed E-state index contributed by atoms with van der Waals surface area (Å²) in [5.74, 6) is 0.818. The van der Waals surface area contributed by atoms with Crippen LogP contribution in [0.1, 0.15) is 39.0 Å². The van der Waals surface area contributed by atoms with E-state index in [1.165, 1.54) is 25.8 Å². The summed E-state index contributed by atoms with van der Waals surface area (Å²) in [6.45, 7) is 6.53. The highest BCUT2D eigenvalue weighted by Crippen LogP contribution is 2.16. The fraction of sp³-hybridized carbons (Fsp3) is 1.00. The number of hydrogen-bond donors (Lipinski definition) is 2. The number of aliphatic hydroxyl groups excluding tert-OH is 1. The molecule has 1 rings (SSSR count). The van der Waals surface area contributed by atoms with Gasteiger partial charge in [0.05, 0.1) is 6.61 Å². The molecule has 1 atom stereocenters. The van der Waals surface area contributed by atoms with Crippen LogP contribution in [0.15, 0.2) is 0 Å². The number of likely N-dealkylation sites (N-methyl/N-ethyl adjacent to an activating group) is 1. The molecule has 19 heavy (non-hydrogen) atoms. The molecule has 0 aromatic carbocycles. The van der Waals surface area contributed by atoms with Crippen molar-refractivity contribution in [3.05, 3.63) is 0 Å². The molecule has 4 nitrogen and oxygen atoms in total. The van der Waals surface area contributed by atoms with Crippen LogP contribution in [0.2, 0.25) is 0 Å². The first-order valence-corrected chi connectivity index (χ1v) is 7.66. The molecule has 1 unspecified atom stereocenters. The minimum atomic E-state index is -0.112. The smallest absolute Gasteiger partial charge is 0.0610 e. The van der Waals surface area contributed by atoms with Crippen molar-refractivity contribution >= 4 is 0 Å². The number of aliphatic hydroxyl groups is 1. The Labute approximate surface area is 118 Å². The van der Waals surface area contributed by atoms with E-state index in [9.17, 15) is 5.11 Å². The van der Waals surface area contributed by atoms with Gasteiger partial charge in [0.1, 0.15) is 0 Å². The fourth-order valence-corrected chi connectivity index (χ4v) is 2.64. The van der Waals surface area contributed by atoms with E-state index in [1.54, 1.807) is 0 Å². The molecule has 1 fully saturated rings. The Bertz CT molecular complexity index is 226. The average molecular weight is 272 g/mol. The van der Waals surface area contributed by atoms with Crippen LogP contribution >= 0.6 is 0 Å². The first-order valence-electron chi connectivity index (χ1n) is 7.66. The molecule has 0 aliphatic carbocycles. The molecule has 0 aromatic heterocycles. The number of ether oxygens (including phenoxy) is 1. The minimum absolute atomic E-state index is 0.112. The molecular weight excluding hydrogens is 240 g/mol. The van der Waals surface area contributed by atoms with Crippen LogP contribution in [-0.2, 0) is 4.74 Å². The second-order valence-electron chi connectivity index (χ2n) is 6.24. The highest BCUT2D eigenvalue weighted by atomic mass is 16.5. The maximum absolute atomic E-state index is 9.33. The summed E-state index contributed by atoms with van der Waals surface area (Å²) in [7, 11) is 4.15. The predicted octanol–water partition coefficient (Wildman–Crippen LogP) is 1.49. The molecule has 0 bridgehead atoms. The molecule has 1 aliphatic heterocycles. The van der Waals surface area contributed by atoms with E-state index in [1.807, 2.05) is 7.05 Å². The molecule has 0 spiro atoms. The molecule has 114 valence electrons. The Kier molecular flexibility index (Phi) is 7.91. The average Bonchev–Trinajstić information content (AvgIpc) is 2.44. The summed E-state index contributed by atoms with van der Waals surface area (Å²) in [5, 5.41) is 12.5. The quantitative estimate of drug-likeness (QED) is 0.624. The third-order valence-corrected chi connectivity index (χ3v) is 4.38. The summed E-state index contributed by atoms with van der Waals surface area (Å²) >= 11 is 0. The van der Waals surface area contributed by atoms with Gasteiger partial charge >= 0.3 is 0 Å². The molecule has 0 saturated carbocycles. The highest BCUT2D eigenvalue weighted by molar-refractivity contribution is 4.80. The van der Waals surface area contributed by atoms with Crippen molar-refractivity contribution in [3.63, 3.8) is 0 Å². The van der Waals surface area contributed by atoms with E-state index in [4.69, 9.17) is 4.74 Å². The lowest BCUT2D eigenvalue weighted by Crippen LogP contribution is -2.43. The highest BCUT2D eigenvalue weighted by Gasteiger charge is 2.20. The Morgan fingerprint density at radius 1 is 1.32 bits per heavy atom. The monoisotopic (exact) mass is 272 g/mol. The van der Waals surface area contributed by atoms with Crippen molar-refractivity contribution in [1.29, 1.82) is 0 Å².